The molecule has 5 heterocycles. The Kier molecular flexibility index (Phi) is 4.97. The van der Waals surface area contributed by atoms with Gasteiger partial charge in [-0.05, 0) is 29.7 Å². The summed E-state index contributed by atoms with van der Waals surface area (Å²) in [5.74, 6) is 1.04. The van der Waals surface area contributed by atoms with Gasteiger partial charge in [0.05, 0.1) is 11.9 Å². The van der Waals surface area contributed by atoms with Gasteiger partial charge in [0.15, 0.2) is 0 Å². The van der Waals surface area contributed by atoms with Gasteiger partial charge in [0.25, 0.3) is 5.91 Å². The van der Waals surface area contributed by atoms with Crippen molar-refractivity contribution in [2.24, 2.45) is 7.05 Å². The number of rotatable bonds is 4. The Bertz CT molecular complexity index is 1250. The predicted molar refractivity (Wildman–Crippen MR) is 117 cm³/mol. The van der Waals surface area contributed by atoms with E-state index in [0.29, 0.717) is 22.8 Å². The molecule has 31 heavy (non-hydrogen) atoms. The molecular formula is C21H21N9O. The minimum absolute atomic E-state index is 0.228. The van der Waals surface area contributed by atoms with Crippen molar-refractivity contribution in [1.82, 2.24) is 35.3 Å². The highest BCUT2D eigenvalue weighted by atomic mass is 16.1. The molecule has 1 saturated heterocycles. The van der Waals surface area contributed by atoms with Crippen LogP contribution in [0.15, 0.2) is 49.1 Å². The second kappa shape index (κ2) is 8.07. The zero-order valence-corrected chi connectivity index (χ0v) is 17.0. The summed E-state index contributed by atoms with van der Waals surface area (Å²) in [5.41, 5.74) is 1.93. The number of nitrogens with zero attached hydrogens (tertiary/aromatic N) is 7. The fourth-order valence-corrected chi connectivity index (χ4v) is 3.53. The van der Waals surface area contributed by atoms with Crippen molar-refractivity contribution in [2.45, 2.75) is 0 Å². The van der Waals surface area contributed by atoms with Crippen LogP contribution in [0.4, 0.5) is 11.6 Å². The SMILES string of the molecule is Cn1cc(-c2cc3cc(NC(=O)c4ccnc(N5CCNCC5)c4)ncc3cn2)nn1. The highest BCUT2D eigenvalue weighted by molar-refractivity contribution is 6.05. The Labute approximate surface area is 178 Å². The van der Waals surface area contributed by atoms with Gasteiger partial charge in [-0.2, -0.15) is 0 Å². The lowest BCUT2D eigenvalue weighted by Crippen LogP contribution is -2.43. The molecule has 10 nitrogen and oxygen atoms in total. The van der Waals surface area contributed by atoms with Crippen LogP contribution in [0.3, 0.4) is 0 Å². The summed E-state index contributed by atoms with van der Waals surface area (Å²) in [6, 6.07) is 7.26. The van der Waals surface area contributed by atoms with Crippen molar-refractivity contribution in [2.75, 3.05) is 36.4 Å². The molecule has 0 aliphatic carbocycles. The zero-order chi connectivity index (χ0) is 21.2. The van der Waals surface area contributed by atoms with Gasteiger partial charge < -0.3 is 15.5 Å². The van der Waals surface area contributed by atoms with Crippen LogP contribution >= 0.6 is 0 Å². The number of fused-ring (bicyclic) bond motifs is 1. The van der Waals surface area contributed by atoms with E-state index < -0.39 is 0 Å². The number of anilines is 2. The van der Waals surface area contributed by atoms with E-state index in [2.05, 4.69) is 40.8 Å². The standard InChI is InChI=1S/C21H21N9O/c1-29-13-18(27-28-29)17-8-15-9-19(25-12-16(15)11-24-17)26-21(31)14-2-3-23-20(10-14)30-6-4-22-5-7-30/h2-3,8-13,22H,4-7H2,1H3,(H,25,26,31). The third-order valence-corrected chi connectivity index (χ3v) is 5.16. The Morgan fingerprint density at radius 2 is 1.87 bits per heavy atom. The smallest absolute Gasteiger partial charge is 0.257 e. The first-order valence-corrected chi connectivity index (χ1v) is 10.0. The molecule has 5 rings (SSSR count). The van der Waals surface area contributed by atoms with Crippen molar-refractivity contribution in [1.29, 1.82) is 0 Å². The van der Waals surface area contributed by atoms with Crippen molar-refractivity contribution >= 4 is 28.3 Å². The van der Waals surface area contributed by atoms with Crippen molar-refractivity contribution < 1.29 is 4.79 Å². The number of pyridine rings is 3. The number of amides is 1. The third kappa shape index (κ3) is 4.05. The van der Waals surface area contributed by atoms with E-state index in [9.17, 15) is 4.79 Å². The molecule has 0 unspecified atom stereocenters. The molecule has 0 atom stereocenters. The molecule has 4 aromatic rings. The van der Waals surface area contributed by atoms with E-state index in [4.69, 9.17) is 0 Å². The second-order valence-electron chi connectivity index (χ2n) is 7.36. The predicted octanol–water partition coefficient (Wildman–Crippen LogP) is 1.48. The van der Waals surface area contributed by atoms with Crippen LogP contribution < -0.4 is 15.5 Å². The number of piperazine rings is 1. The third-order valence-electron chi connectivity index (χ3n) is 5.16. The van der Waals surface area contributed by atoms with Crippen LogP contribution in [0.2, 0.25) is 0 Å². The number of hydrogen-bond acceptors (Lipinski definition) is 8. The highest BCUT2D eigenvalue weighted by Gasteiger charge is 2.15. The van der Waals surface area contributed by atoms with Crippen LogP contribution in [-0.2, 0) is 7.05 Å². The van der Waals surface area contributed by atoms with Gasteiger partial charge in [0.2, 0.25) is 0 Å². The second-order valence-corrected chi connectivity index (χ2v) is 7.36. The molecule has 1 aliphatic heterocycles. The first-order chi connectivity index (χ1) is 15.2. The zero-order valence-electron chi connectivity index (χ0n) is 17.0. The minimum Gasteiger partial charge on any atom is -0.354 e. The topological polar surface area (TPSA) is 114 Å². The van der Waals surface area contributed by atoms with Gasteiger partial charge in [0.1, 0.15) is 17.3 Å². The van der Waals surface area contributed by atoms with Crippen LogP contribution in [-0.4, -0.2) is 62.0 Å². The number of aromatic nitrogens is 6. The first kappa shape index (κ1) is 19.1. The molecule has 2 N–H and O–H groups in total. The van der Waals surface area contributed by atoms with E-state index >= 15 is 0 Å². The molecule has 4 aromatic heterocycles. The van der Waals surface area contributed by atoms with E-state index in [1.54, 1.807) is 35.5 Å². The van der Waals surface area contributed by atoms with Crippen molar-refractivity contribution in [3.05, 3.63) is 54.6 Å². The van der Waals surface area contributed by atoms with Gasteiger partial charge in [0, 0.05) is 62.8 Å². The molecule has 0 radical (unpaired) electrons. The fraction of sp³-hybridized carbons (Fsp3) is 0.238. The average molecular weight is 415 g/mol. The molecular weight excluding hydrogens is 394 g/mol. The Hall–Kier alpha value is -3.92. The van der Waals surface area contributed by atoms with E-state index in [1.165, 1.54) is 0 Å². The number of carbonyl (C=O) groups excluding carboxylic acids is 1. The Morgan fingerprint density at radius 1 is 1.03 bits per heavy atom. The maximum atomic E-state index is 12.8. The number of aryl methyl sites for hydroxylation is 1. The van der Waals surface area contributed by atoms with Gasteiger partial charge in [-0.25, -0.2) is 9.97 Å². The van der Waals surface area contributed by atoms with Gasteiger partial charge in [-0.1, -0.05) is 5.21 Å². The summed E-state index contributed by atoms with van der Waals surface area (Å²) in [4.78, 5) is 28.2. The van der Waals surface area contributed by atoms with Gasteiger partial charge in [-0.15, -0.1) is 5.10 Å². The van der Waals surface area contributed by atoms with Crippen molar-refractivity contribution in [3.8, 4) is 11.4 Å². The number of carbonyl (C=O) groups is 1. The molecule has 0 bridgehead atoms. The van der Waals surface area contributed by atoms with Crippen molar-refractivity contribution in [3.63, 3.8) is 0 Å². The quantitative estimate of drug-likeness (QED) is 0.515. The largest absolute Gasteiger partial charge is 0.354 e. The van der Waals surface area contributed by atoms with E-state index in [-0.39, 0.29) is 5.91 Å². The lowest BCUT2D eigenvalue weighted by Gasteiger charge is -2.28. The van der Waals surface area contributed by atoms with Crippen LogP contribution in [0.1, 0.15) is 10.4 Å². The average Bonchev–Trinajstić information content (AvgIpc) is 3.25. The summed E-state index contributed by atoms with van der Waals surface area (Å²) < 4.78 is 1.63. The Balaban J connectivity index is 1.37. The summed E-state index contributed by atoms with van der Waals surface area (Å²) in [6.07, 6.45) is 6.90. The number of hydrogen-bond donors (Lipinski definition) is 2. The molecule has 156 valence electrons. The molecule has 1 aliphatic rings. The van der Waals surface area contributed by atoms with E-state index in [0.717, 1.165) is 42.8 Å². The minimum atomic E-state index is -0.228. The summed E-state index contributed by atoms with van der Waals surface area (Å²) in [5, 5.41) is 16.0. The van der Waals surface area contributed by atoms with Gasteiger partial charge >= 0.3 is 0 Å². The molecule has 1 fully saturated rings. The summed E-state index contributed by atoms with van der Waals surface area (Å²) in [6.45, 7) is 3.55. The van der Waals surface area contributed by atoms with Crippen LogP contribution in [0, 0.1) is 0 Å². The molecule has 0 spiro atoms. The summed E-state index contributed by atoms with van der Waals surface area (Å²) >= 11 is 0. The van der Waals surface area contributed by atoms with Crippen LogP contribution in [0.25, 0.3) is 22.2 Å². The molecule has 0 saturated carbocycles. The highest BCUT2D eigenvalue weighted by Crippen LogP contribution is 2.22. The fourth-order valence-electron chi connectivity index (χ4n) is 3.53. The monoisotopic (exact) mass is 415 g/mol. The summed E-state index contributed by atoms with van der Waals surface area (Å²) in [7, 11) is 1.81. The van der Waals surface area contributed by atoms with Crippen LogP contribution in [0.5, 0.6) is 0 Å². The normalized spacial score (nSPS) is 14.0. The molecule has 0 aromatic carbocycles. The maximum Gasteiger partial charge on any atom is 0.257 e. The number of nitrogens with one attached hydrogen (secondary N) is 2. The first-order valence-electron chi connectivity index (χ1n) is 10.0. The maximum absolute atomic E-state index is 12.8. The molecule has 1 amide bonds. The lowest BCUT2D eigenvalue weighted by molar-refractivity contribution is 0.102. The van der Waals surface area contributed by atoms with Gasteiger partial charge in [-0.3, -0.25) is 14.5 Å². The lowest BCUT2D eigenvalue weighted by atomic mass is 10.1. The van der Waals surface area contributed by atoms with E-state index in [1.807, 2.05) is 25.2 Å². The molecule has 10 heteroatoms. The Morgan fingerprint density at radius 3 is 2.68 bits per heavy atom.